The summed E-state index contributed by atoms with van der Waals surface area (Å²) in [4.78, 5) is 0. The van der Waals surface area contributed by atoms with E-state index in [-0.39, 0.29) is 6.10 Å². The number of fused-ring (bicyclic) bond motifs is 1. The van der Waals surface area contributed by atoms with Crippen molar-refractivity contribution in [2.75, 3.05) is 6.54 Å². The van der Waals surface area contributed by atoms with Crippen LogP contribution in [0.5, 0.6) is 0 Å². The first-order chi connectivity index (χ1) is 8.66. The van der Waals surface area contributed by atoms with E-state index in [1.54, 1.807) is 0 Å². The van der Waals surface area contributed by atoms with Gasteiger partial charge in [0.05, 0.1) is 12.1 Å². The second kappa shape index (κ2) is 4.63. The lowest BCUT2D eigenvalue weighted by Crippen LogP contribution is -2.37. The highest BCUT2D eigenvalue weighted by Crippen LogP contribution is 2.33. The van der Waals surface area contributed by atoms with E-state index in [9.17, 15) is 0 Å². The molecule has 0 aromatic carbocycles. The molecule has 100 valence electrons. The Labute approximate surface area is 108 Å². The van der Waals surface area contributed by atoms with Crippen molar-refractivity contribution in [1.82, 2.24) is 20.1 Å². The Morgan fingerprint density at radius 2 is 2.06 bits per heavy atom. The van der Waals surface area contributed by atoms with Crippen molar-refractivity contribution in [2.24, 2.45) is 5.92 Å². The number of rotatable bonds is 2. The minimum atomic E-state index is 0.146. The fourth-order valence-electron chi connectivity index (χ4n) is 2.97. The molecule has 3 rings (SSSR count). The molecule has 0 spiro atoms. The van der Waals surface area contributed by atoms with E-state index >= 15 is 0 Å². The van der Waals surface area contributed by atoms with Crippen LogP contribution >= 0.6 is 0 Å². The van der Waals surface area contributed by atoms with Crippen LogP contribution in [0.4, 0.5) is 0 Å². The van der Waals surface area contributed by atoms with Crippen LogP contribution in [0.1, 0.15) is 57.4 Å². The van der Waals surface area contributed by atoms with Crippen LogP contribution in [0.15, 0.2) is 0 Å². The molecule has 2 aliphatic heterocycles. The van der Waals surface area contributed by atoms with Crippen LogP contribution in [-0.4, -0.2) is 27.4 Å². The summed E-state index contributed by atoms with van der Waals surface area (Å²) in [5.41, 5.74) is 0. The minimum absolute atomic E-state index is 0.146. The molecule has 1 saturated heterocycles. The van der Waals surface area contributed by atoms with E-state index in [1.165, 1.54) is 0 Å². The van der Waals surface area contributed by atoms with E-state index in [4.69, 9.17) is 4.74 Å². The van der Waals surface area contributed by atoms with Gasteiger partial charge >= 0.3 is 0 Å². The van der Waals surface area contributed by atoms with Gasteiger partial charge in [0.15, 0.2) is 11.6 Å². The molecule has 3 unspecified atom stereocenters. The van der Waals surface area contributed by atoms with Crippen molar-refractivity contribution in [2.45, 2.75) is 58.4 Å². The number of ether oxygens (including phenoxy) is 1. The molecule has 5 nitrogen and oxygen atoms in total. The topological polar surface area (TPSA) is 52.0 Å². The third-order valence-corrected chi connectivity index (χ3v) is 3.97. The van der Waals surface area contributed by atoms with Gasteiger partial charge in [0.1, 0.15) is 6.10 Å². The van der Waals surface area contributed by atoms with Crippen molar-refractivity contribution >= 4 is 0 Å². The van der Waals surface area contributed by atoms with Gasteiger partial charge in [-0.3, -0.25) is 0 Å². The van der Waals surface area contributed by atoms with E-state index in [0.29, 0.717) is 18.1 Å². The van der Waals surface area contributed by atoms with Crippen LogP contribution in [0, 0.1) is 5.92 Å². The van der Waals surface area contributed by atoms with Gasteiger partial charge in [0.2, 0.25) is 0 Å². The summed E-state index contributed by atoms with van der Waals surface area (Å²) in [6.07, 6.45) is 2.69. The summed E-state index contributed by atoms with van der Waals surface area (Å²) in [6.45, 7) is 8.51. The molecule has 2 aliphatic rings. The van der Waals surface area contributed by atoms with Crippen molar-refractivity contribution in [3.8, 4) is 0 Å². The van der Waals surface area contributed by atoms with Gasteiger partial charge in [-0.05, 0) is 25.7 Å². The molecule has 0 aliphatic carbocycles. The highest BCUT2D eigenvalue weighted by molar-refractivity contribution is 5.08. The van der Waals surface area contributed by atoms with Crippen molar-refractivity contribution in [3.05, 3.63) is 11.6 Å². The third kappa shape index (κ3) is 1.95. The second-order valence-corrected chi connectivity index (χ2v) is 5.76. The molecule has 1 fully saturated rings. The Morgan fingerprint density at radius 3 is 2.72 bits per heavy atom. The fraction of sp³-hybridized carbons (Fsp3) is 0.846. The molecule has 1 aromatic heterocycles. The van der Waals surface area contributed by atoms with Crippen LogP contribution in [-0.2, 0) is 11.3 Å². The summed E-state index contributed by atoms with van der Waals surface area (Å²) in [5, 5.41) is 12.3. The predicted octanol–water partition coefficient (Wildman–Crippen LogP) is 1.82. The first kappa shape index (κ1) is 12.1. The Hall–Kier alpha value is -0.940. The molecule has 0 saturated carbocycles. The first-order valence-corrected chi connectivity index (χ1v) is 6.98. The molecule has 3 atom stereocenters. The molecule has 5 heteroatoms. The van der Waals surface area contributed by atoms with Gasteiger partial charge in [-0.2, -0.15) is 0 Å². The average Bonchev–Trinajstić information content (AvgIpc) is 2.93. The van der Waals surface area contributed by atoms with Crippen molar-refractivity contribution in [3.63, 3.8) is 0 Å². The lowest BCUT2D eigenvalue weighted by Gasteiger charge is -2.28. The summed E-state index contributed by atoms with van der Waals surface area (Å²) in [5.74, 6) is 2.64. The molecule has 1 N–H and O–H groups in total. The van der Waals surface area contributed by atoms with E-state index in [2.05, 4.69) is 40.9 Å². The van der Waals surface area contributed by atoms with Crippen molar-refractivity contribution < 1.29 is 4.74 Å². The lowest BCUT2D eigenvalue weighted by atomic mass is 10.0. The maximum Gasteiger partial charge on any atom is 0.162 e. The van der Waals surface area contributed by atoms with E-state index < -0.39 is 0 Å². The van der Waals surface area contributed by atoms with Gasteiger partial charge in [-0.15, -0.1) is 10.2 Å². The van der Waals surface area contributed by atoms with Gasteiger partial charge in [0.25, 0.3) is 0 Å². The number of nitrogens with one attached hydrogen (secondary N) is 1. The molecule has 1 aromatic rings. The summed E-state index contributed by atoms with van der Waals surface area (Å²) < 4.78 is 8.19. The monoisotopic (exact) mass is 250 g/mol. The van der Waals surface area contributed by atoms with Crippen LogP contribution < -0.4 is 5.32 Å². The average molecular weight is 250 g/mol. The maximum absolute atomic E-state index is 5.92. The molecule has 0 radical (unpaired) electrons. The Balaban J connectivity index is 1.90. The molecule has 0 amide bonds. The fourth-order valence-corrected chi connectivity index (χ4v) is 2.97. The molecule has 3 heterocycles. The third-order valence-electron chi connectivity index (χ3n) is 3.97. The summed E-state index contributed by atoms with van der Waals surface area (Å²) in [7, 11) is 0. The van der Waals surface area contributed by atoms with E-state index in [0.717, 1.165) is 37.6 Å². The zero-order valence-corrected chi connectivity index (χ0v) is 11.4. The highest BCUT2D eigenvalue weighted by atomic mass is 16.5. The number of nitrogens with zero attached hydrogens (tertiary/aromatic N) is 3. The molecular formula is C13H22N4O. The zero-order chi connectivity index (χ0) is 12.7. The van der Waals surface area contributed by atoms with E-state index in [1.807, 2.05) is 0 Å². The number of aromatic nitrogens is 3. The maximum atomic E-state index is 5.92. The summed E-state index contributed by atoms with van der Waals surface area (Å²) in [6, 6.07) is 0.318. The lowest BCUT2D eigenvalue weighted by molar-refractivity contribution is 0.0473. The molecule has 0 bridgehead atoms. The Morgan fingerprint density at radius 1 is 1.28 bits per heavy atom. The molecule has 18 heavy (non-hydrogen) atoms. The standard InChI is InChI=1S/C13H22N4O/c1-8(2)11-13-16-15-12(17(13)7-6-14-11)10-5-4-9(3)18-10/h8-11,14H,4-7H2,1-3H3. The SMILES string of the molecule is CC1CCC(c2nnc3n2CCNC3C(C)C)O1. The molecular weight excluding hydrogens is 228 g/mol. The first-order valence-electron chi connectivity index (χ1n) is 6.98. The normalized spacial score (nSPS) is 31.9. The number of hydrogen-bond donors (Lipinski definition) is 1. The van der Waals surface area contributed by atoms with Crippen LogP contribution in [0.25, 0.3) is 0 Å². The van der Waals surface area contributed by atoms with Gasteiger partial charge in [-0.25, -0.2) is 0 Å². The summed E-state index contributed by atoms with van der Waals surface area (Å²) >= 11 is 0. The smallest absolute Gasteiger partial charge is 0.162 e. The van der Waals surface area contributed by atoms with Gasteiger partial charge < -0.3 is 14.6 Å². The minimum Gasteiger partial charge on any atom is -0.367 e. The van der Waals surface area contributed by atoms with Crippen LogP contribution in [0.3, 0.4) is 0 Å². The Kier molecular flexibility index (Phi) is 3.11. The second-order valence-electron chi connectivity index (χ2n) is 5.76. The van der Waals surface area contributed by atoms with Crippen molar-refractivity contribution in [1.29, 1.82) is 0 Å². The van der Waals surface area contributed by atoms with Crippen LogP contribution in [0.2, 0.25) is 0 Å². The quantitative estimate of drug-likeness (QED) is 0.870. The Bertz CT molecular complexity index is 429. The highest BCUT2D eigenvalue weighted by Gasteiger charge is 2.33. The van der Waals surface area contributed by atoms with Gasteiger partial charge in [0, 0.05) is 13.1 Å². The zero-order valence-electron chi connectivity index (χ0n) is 11.4. The number of hydrogen-bond acceptors (Lipinski definition) is 4. The van der Waals surface area contributed by atoms with Gasteiger partial charge in [-0.1, -0.05) is 13.8 Å². The predicted molar refractivity (Wildman–Crippen MR) is 68.1 cm³/mol. The largest absolute Gasteiger partial charge is 0.367 e.